The van der Waals surface area contributed by atoms with E-state index >= 15 is 0 Å². The maximum absolute atomic E-state index is 13.5. The van der Waals surface area contributed by atoms with Crippen LogP contribution >= 0.6 is 11.6 Å². The zero-order chi connectivity index (χ0) is 20.5. The SMILES string of the molecule is O=C1C(=O)N(CC2CCCO2)C(c2ccc(F)cc2)/C1=C(/O)c1cccc(Cl)c1. The second kappa shape index (κ2) is 7.97. The highest BCUT2D eigenvalue weighted by molar-refractivity contribution is 6.46. The molecule has 0 bridgehead atoms. The third-order valence-corrected chi connectivity index (χ3v) is 5.48. The predicted molar refractivity (Wildman–Crippen MR) is 106 cm³/mol. The van der Waals surface area contributed by atoms with Gasteiger partial charge in [-0.1, -0.05) is 35.9 Å². The summed E-state index contributed by atoms with van der Waals surface area (Å²) in [6.07, 6.45) is 1.49. The predicted octanol–water partition coefficient (Wildman–Crippen LogP) is 4.08. The van der Waals surface area contributed by atoms with Gasteiger partial charge in [0.2, 0.25) is 0 Å². The van der Waals surface area contributed by atoms with E-state index in [1.54, 1.807) is 18.2 Å². The second-order valence-corrected chi connectivity index (χ2v) is 7.58. The monoisotopic (exact) mass is 415 g/mol. The molecule has 5 nitrogen and oxygen atoms in total. The molecular formula is C22H19ClFNO4. The molecule has 2 heterocycles. The van der Waals surface area contributed by atoms with Crippen LogP contribution in [-0.2, 0) is 14.3 Å². The van der Waals surface area contributed by atoms with Crippen molar-refractivity contribution >= 4 is 29.1 Å². The first-order chi connectivity index (χ1) is 14.0. The highest BCUT2D eigenvalue weighted by Gasteiger charge is 2.47. The van der Waals surface area contributed by atoms with Gasteiger partial charge in [-0.25, -0.2) is 4.39 Å². The molecule has 2 unspecified atom stereocenters. The zero-order valence-corrected chi connectivity index (χ0v) is 16.2. The highest BCUT2D eigenvalue weighted by Crippen LogP contribution is 2.40. The summed E-state index contributed by atoms with van der Waals surface area (Å²) in [6, 6.07) is 11.1. The van der Waals surface area contributed by atoms with Gasteiger partial charge in [-0.3, -0.25) is 9.59 Å². The molecule has 2 saturated heterocycles. The second-order valence-electron chi connectivity index (χ2n) is 7.15. The lowest BCUT2D eigenvalue weighted by atomic mass is 9.95. The number of hydrogen-bond acceptors (Lipinski definition) is 4. The summed E-state index contributed by atoms with van der Waals surface area (Å²) < 4.78 is 19.1. The lowest BCUT2D eigenvalue weighted by molar-refractivity contribution is -0.140. The first-order valence-electron chi connectivity index (χ1n) is 9.37. The Bertz CT molecular complexity index is 983. The molecule has 2 aromatic rings. The van der Waals surface area contributed by atoms with Gasteiger partial charge in [0.25, 0.3) is 11.7 Å². The van der Waals surface area contributed by atoms with Gasteiger partial charge in [-0.05, 0) is 42.7 Å². The van der Waals surface area contributed by atoms with Crippen LogP contribution in [0.2, 0.25) is 5.02 Å². The van der Waals surface area contributed by atoms with E-state index in [9.17, 15) is 19.1 Å². The molecule has 29 heavy (non-hydrogen) atoms. The molecule has 2 fully saturated rings. The van der Waals surface area contributed by atoms with Crippen molar-refractivity contribution in [3.8, 4) is 0 Å². The van der Waals surface area contributed by atoms with Crippen molar-refractivity contribution in [3.05, 3.63) is 76.1 Å². The van der Waals surface area contributed by atoms with Gasteiger partial charge in [-0.2, -0.15) is 0 Å². The maximum atomic E-state index is 13.5. The van der Waals surface area contributed by atoms with Crippen LogP contribution in [0.1, 0.15) is 30.0 Å². The molecule has 2 aromatic carbocycles. The zero-order valence-electron chi connectivity index (χ0n) is 15.5. The lowest BCUT2D eigenvalue weighted by Gasteiger charge is -2.27. The molecule has 0 saturated carbocycles. The van der Waals surface area contributed by atoms with Gasteiger partial charge in [0.15, 0.2) is 0 Å². The summed E-state index contributed by atoms with van der Waals surface area (Å²) in [4.78, 5) is 27.1. The first-order valence-corrected chi connectivity index (χ1v) is 9.75. The number of ether oxygens (including phenoxy) is 1. The van der Waals surface area contributed by atoms with Crippen LogP contribution in [0.25, 0.3) is 5.76 Å². The van der Waals surface area contributed by atoms with Crippen molar-refractivity contribution in [2.24, 2.45) is 0 Å². The summed E-state index contributed by atoms with van der Waals surface area (Å²) in [6.45, 7) is 0.831. The molecule has 0 aliphatic carbocycles. The normalized spacial score (nSPS) is 23.7. The summed E-state index contributed by atoms with van der Waals surface area (Å²) >= 11 is 6.02. The van der Waals surface area contributed by atoms with E-state index < -0.39 is 23.5 Å². The number of amides is 1. The van der Waals surface area contributed by atoms with Crippen LogP contribution in [0.5, 0.6) is 0 Å². The van der Waals surface area contributed by atoms with E-state index in [1.165, 1.54) is 35.2 Å². The van der Waals surface area contributed by atoms with Gasteiger partial charge in [0.05, 0.1) is 17.7 Å². The van der Waals surface area contributed by atoms with Crippen LogP contribution in [0, 0.1) is 5.82 Å². The molecule has 7 heteroatoms. The molecule has 0 aromatic heterocycles. The Morgan fingerprint density at radius 1 is 1.21 bits per heavy atom. The van der Waals surface area contributed by atoms with Crippen LogP contribution < -0.4 is 0 Å². The minimum Gasteiger partial charge on any atom is -0.507 e. The standard InChI is InChI=1S/C22H19ClFNO4/c23-15-4-1-3-14(11-15)20(26)18-19(13-6-8-16(24)9-7-13)25(22(28)21(18)27)12-17-5-2-10-29-17/h1,3-4,6-9,11,17,19,26H,2,5,10,12H2/b20-18-. The van der Waals surface area contributed by atoms with E-state index in [4.69, 9.17) is 16.3 Å². The van der Waals surface area contributed by atoms with Gasteiger partial charge < -0.3 is 14.7 Å². The van der Waals surface area contributed by atoms with Crippen LogP contribution in [0.3, 0.4) is 0 Å². The van der Waals surface area contributed by atoms with Crippen molar-refractivity contribution < 1.29 is 23.8 Å². The van der Waals surface area contributed by atoms with E-state index in [0.717, 1.165) is 12.8 Å². The number of likely N-dealkylation sites (tertiary alicyclic amines) is 1. The summed E-state index contributed by atoms with van der Waals surface area (Å²) in [7, 11) is 0. The Balaban J connectivity index is 1.83. The largest absolute Gasteiger partial charge is 0.507 e. The Hall–Kier alpha value is -2.70. The number of carbonyl (C=O) groups excluding carboxylic acids is 2. The van der Waals surface area contributed by atoms with E-state index in [0.29, 0.717) is 22.8 Å². The molecule has 4 rings (SSSR count). The topological polar surface area (TPSA) is 66.8 Å². The summed E-state index contributed by atoms with van der Waals surface area (Å²) in [5, 5.41) is 11.3. The number of benzene rings is 2. The van der Waals surface area contributed by atoms with E-state index in [-0.39, 0.29) is 24.0 Å². The fraction of sp³-hybridized carbons (Fsp3) is 0.273. The van der Waals surface area contributed by atoms with Crippen molar-refractivity contribution in [1.82, 2.24) is 4.90 Å². The third kappa shape index (κ3) is 3.78. The van der Waals surface area contributed by atoms with Gasteiger partial charge in [-0.15, -0.1) is 0 Å². The summed E-state index contributed by atoms with van der Waals surface area (Å²) in [5.41, 5.74) is 0.828. The quantitative estimate of drug-likeness (QED) is 0.464. The van der Waals surface area contributed by atoms with Gasteiger partial charge in [0.1, 0.15) is 11.6 Å². The average Bonchev–Trinajstić information content (AvgIpc) is 3.31. The third-order valence-electron chi connectivity index (χ3n) is 5.25. The number of ketones is 1. The Kier molecular flexibility index (Phi) is 5.39. The van der Waals surface area contributed by atoms with E-state index in [2.05, 4.69) is 0 Å². The molecule has 2 aliphatic rings. The first kappa shape index (κ1) is 19.6. The van der Waals surface area contributed by atoms with Crippen molar-refractivity contribution in [2.75, 3.05) is 13.2 Å². The Labute approximate surface area is 172 Å². The molecule has 0 spiro atoms. The number of nitrogens with zero attached hydrogens (tertiary/aromatic N) is 1. The van der Waals surface area contributed by atoms with Gasteiger partial charge in [0, 0.05) is 23.7 Å². The fourth-order valence-corrected chi connectivity index (χ4v) is 4.05. The van der Waals surface area contributed by atoms with Crippen molar-refractivity contribution in [3.63, 3.8) is 0 Å². The van der Waals surface area contributed by atoms with Crippen LogP contribution in [0.15, 0.2) is 54.1 Å². The average molecular weight is 416 g/mol. The molecule has 1 N–H and O–H groups in total. The van der Waals surface area contributed by atoms with E-state index in [1.807, 2.05) is 0 Å². The number of halogens is 2. The lowest BCUT2D eigenvalue weighted by Crippen LogP contribution is -2.36. The molecular weight excluding hydrogens is 397 g/mol. The van der Waals surface area contributed by atoms with Crippen LogP contribution in [0.4, 0.5) is 4.39 Å². The summed E-state index contributed by atoms with van der Waals surface area (Å²) in [5.74, 6) is -2.23. The minimum atomic E-state index is -0.834. The Morgan fingerprint density at radius 3 is 2.62 bits per heavy atom. The number of hydrogen-bond donors (Lipinski definition) is 1. The number of rotatable bonds is 4. The number of carbonyl (C=O) groups is 2. The minimum absolute atomic E-state index is 0.0399. The highest BCUT2D eigenvalue weighted by atomic mass is 35.5. The molecule has 150 valence electrons. The number of aliphatic hydroxyl groups excluding tert-OH is 1. The number of aliphatic hydroxyl groups is 1. The smallest absolute Gasteiger partial charge is 0.295 e. The fourth-order valence-electron chi connectivity index (χ4n) is 3.86. The molecule has 1 amide bonds. The Morgan fingerprint density at radius 2 is 1.97 bits per heavy atom. The maximum Gasteiger partial charge on any atom is 0.295 e. The van der Waals surface area contributed by atoms with Gasteiger partial charge >= 0.3 is 0 Å². The van der Waals surface area contributed by atoms with Crippen LogP contribution in [-0.4, -0.2) is 41.0 Å². The number of Topliss-reactive ketones (excluding diaryl/α,β-unsaturated/α-hetero) is 1. The molecule has 0 radical (unpaired) electrons. The van der Waals surface area contributed by atoms with Crippen molar-refractivity contribution in [1.29, 1.82) is 0 Å². The molecule has 2 aliphatic heterocycles. The molecule has 2 atom stereocenters. The van der Waals surface area contributed by atoms with Crippen molar-refractivity contribution in [2.45, 2.75) is 25.0 Å².